The molecule has 6 rings (SSSR count). The third-order valence-corrected chi connectivity index (χ3v) is 6.58. The highest BCUT2D eigenvalue weighted by Gasteiger charge is 2.33. The van der Waals surface area contributed by atoms with E-state index in [-0.39, 0.29) is 35.5 Å². The maximum Gasteiger partial charge on any atom is 0.281 e. The number of anilines is 1. The minimum atomic E-state index is -2.80. The fourth-order valence-electron chi connectivity index (χ4n) is 4.48. The SMILES string of the molecule is O=C(Nc1cc2c(-c3nc4cc([C@@]5(O)CCCOC5)ccc4o3)cnc(C(F)F)c2cn1)C1CC1. The highest BCUT2D eigenvalue weighted by molar-refractivity contribution is 6.00. The molecule has 35 heavy (non-hydrogen) atoms. The Kier molecular flexibility index (Phi) is 5.23. The number of aliphatic hydroxyl groups is 1. The summed E-state index contributed by atoms with van der Waals surface area (Å²) in [6, 6.07) is 6.79. The van der Waals surface area contributed by atoms with E-state index in [4.69, 9.17) is 9.15 Å². The zero-order valence-corrected chi connectivity index (χ0v) is 18.6. The highest BCUT2D eigenvalue weighted by Crippen LogP contribution is 2.37. The Balaban J connectivity index is 1.44. The van der Waals surface area contributed by atoms with Gasteiger partial charge in [0.25, 0.3) is 6.43 Å². The molecule has 2 fully saturated rings. The molecule has 10 heteroatoms. The van der Waals surface area contributed by atoms with Crippen LogP contribution in [0.2, 0.25) is 0 Å². The van der Waals surface area contributed by atoms with Crippen LogP contribution in [-0.2, 0) is 15.1 Å². The molecule has 2 N–H and O–H groups in total. The number of pyridine rings is 2. The van der Waals surface area contributed by atoms with E-state index >= 15 is 0 Å². The lowest BCUT2D eigenvalue weighted by Gasteiger charge is -2.32. The number of ether oxygens (including phenoxy) is 1. The second-order valence-corrected chi connectivity index (χ2v) is 9.13. The molecule has 0 unspecified atom stereocenters. The number of carbonyl (C=O) groups is 1. The molecule has 0 spiro atoms. The van der Waals surface area contributed by atoms with E-state index in [0.29, 0.717) is 40.6 Å². The summed E-state index contributed by atoms with van der Waals surface area (Å²) in [7, 11) is 0. The van der Waals surface area contributed by atoms with Gasteiger partial charge in [-0.25, -0.2) is 18.7 Å². The minimum Gasteiger partial charge on any atom is -0.436 e. The maximum atomic E-state index is 13.6. The molecule has 1 atom stereocenters. The summed E-state index contributed by atoms with van der Waals surface area (Å²) in [4.78, 5) is 24.9. The second-order valence-electron chi connectivity index (χ2n) is 9.13. The first-order valence-corrected chi connectivity index (χ1v) is 11.5. The molecule has 1 saturated carbocycles. The number of nitrogens with zero attached hydrogens (tertiary/aromatic N) is 3. The van der Waals surface area contributed by atoms with Gasteiger partial charge in [0.2, 0.25) is 11.8 Å². The molecule has 4 heterocycles. The molecule has 0 bridgehead atoms. The van der Waals surface area contributed by atoms with Crippen LogP contribution in [0.5, 0.6) is 0 Å². The number of aromatic nitrogens is 3. The van der Waals surface area contributed by atoms with Crippen molar-refractivity contribution in [3.05, 3.63) is 47.9 Å². The summed E-state index contributed by atoms with van der Waals surface area (Å²) in [5.74, 6) is 0.283. The smallest absolute Gasteiger partial charge is 0.281 e. The molecule has 1 saturated heterocycles. The van der Waals surface area contributed by atoms with Gasteiger partial charge < -0.3 is 19.6 Å². The van der Waals surface area contributed by atoms with Crippen molar-refractivity contribution in [2.24, 2.45) is 5.92 Å². The van der Waals surface area contributed by atoms with Gasteiger partial charge in [-0.2, -0.15) is 0 Å². The van der Waals surface area contributed by atoms with Crippen LogP contribution in [0.15, 0.2) is 41.1 Å². The van der Waals surface area contributed by atoms with Gasteiger partial charge in [0.1, 0.15) is 22.6 Å². The molecule has 1 aromatic carbocycles. The zero-order chi connectivity index (χ0) is 24.2. The van der Waals surface area contributed by atoms with Crippen LogP contribution in [0.3, 0.4) is 0 Å². The van der Waals surface area contributed by atoms with Gasteiger partial charge in [-0.3, -0.25) is 9.78 Å². The van der Waals surface area contributed by atoms with E-state index in [0.717, 1.165) is 19.3 Å². The van der Waals surface area contributed by atoms with Gasteiger partial charge in [0, 0.05) is 35.7 Å². The van der Waals surface area contributed by atoms with Crippen LogP contribution in [0.25, 0.3) is 33.3 Å². The lowest BCUT2D eigenvalue weighted by atomic mass is 9.88. The van der Waals surface area contributed by atoms with Crippen LogP contribution in [0.1, 0.15) is 43.4 Å². The zero-order valence-electron chi connectivity index (χ0n) is 18.6. The number of nitrogens with one attached hydrogen (secondary N) is 1. The molecule has 8 nitrogen and oxygen atoms in total. The summed E-state index contributed by atoms with van der Waals surface area (Å²) in [6.07, 6.45) is 2.77. The number of halogens is 2. The number of benzene rings is 1. The van der Waals surface area contributed by atoms with Crippen molar-refractivity contribution < 1.29 is 27.8 Å². The number of hydrogen-bond acceptors (Lipinski definition) is 7. The van der Waals surface area contributed by atoms with E-state index in [1.165, 1.54) is 12.4 Å². The molecule has 1 amide bonds. The maximum absolute atomic E-state index is 13.6. The van der Waals surface area contributed by atoms with Gasteiger partial charge in [-0.15, -0.1) is 0 Å². The van der Waals surface area contributed by atoms with Crippen molar-refractivity contribution >= 4 is 33.6 Å². The van der Waals surface area contributed by atoms with E-state index in [1.54, 1.807) is 24.3 Å². The standard InChI is InChI=1S/C25H22F2N4O4/c26-22(27)21-16-10-28-20(31-23(32)13-2-3-13)9-15(16)17(11-29-21)24-30-18-8-14(4-5-19(18)35-24)25(33)6-1-7-34-12-25/h4-5,8-11,13,22,33H,1-3,6-7,12H2,(H,28,31,32)/t25-/m1/s1. The largest absolute Gasteiger partial charge is 0.436 e. The van der Waals surface area contributed by atoms with Crippen LogP contribution < -0.4 is 5.32 Å². The predicted octanol–water partition coefficient (Wildman–Crippen LogP) is 4.72. The fourth-order valence-corrected chi connectivity index (χ4v) is 4.48. The second kappa shape index (κ2) is 8.31. The molecule has 4 aromatic rings. The Morgan fingerprint density at radius 2 is 2.03 bits per heavy atom. The van der Waals surface area contributed by atoms with E-state index in [2.05, 4.69) is 20.3 Å². The average Bonchev–Trinajstić information content (AvgIpc) is 3.62. The number of rotatable bonds is 5. The van der Waals surface area contributed by atoms with Crippen molar-refractivity contribution in [3.8, 4) is 11.5 Å². The Morgan fingerprint density at radius 1 is 1.17 bits per heavy atom. The third-order valence-electron chi connectivity index (χ3n) is 6.58. The normalized spacial score (nSPS) is 20.6. The van der Waals surface area contributed by atoms with Crippen LogP contribution in [-0.4, -0.2) is 39.2 Å². The Labute approximate surface area is 198 Å². The quantitative estimate of drug-likeness (QED) is 0.425. The molecule has 0 radical (unpaired) electrons. The lowest BCUT2D eigenvalue weighted by molar-refractivity contribution is -0.117. The summed E-state index contributed by atoms with van der Waals surface area (Å²) >= 11 is 0. The van der Waals surface area contributed by atoms with E-state index in [9.17, 15) is 18.7 Å². The number of oxazole rings is 1. The predicted molar refractivity (Wildman–Crippen MR) is 123 cm³/mol. The van der Waals surface area contributed by atoms with Crippen molar-refractivity contribution in [2.75, 3.05) is 18.5 Å². The highest BCUT2D eigenvalue weighted by atomic mass is 19.3. The number of fused-ring (bicyclic) bond motifs is 2. The number of hydrogen-bond donors (Lipinski definition) is 2. The van der Waals surface area contributed by atoms with Crippen LogP contribution >= 0.6 is 0 Å². The Bertz CT molecular complexity index is 1440. The molecule has 1 aliphatic carbocycles. The molecule has 1 aliphatic heterocycles. The summed E-state index contributed by atoms with van der Waals surface area (Å²) in [5.41, 5.74) is 0.555. The molecule has 180 valence electrons. The molecular weight excluding hydrogens is 458 g/mol. The molecule has 3 aromatic heterocycles. The van der Waals surface area contributed by atoms with E-state index in [1.807, 2.05) is 0 Å². The molecule has 2 aliphatic rings. The Morgan fingerprint density at radius 3 is 2.77 bits per heavy atom. The minimum absolute atomic E-state index is 0.0309. The fraction of sp³-hybridized carbons (Fsp3) is 0.360. The summed E-state index contributed by atoms with van der Waals surface area (Å²) in [5, 5.41) is 14.3. The van der Waals surface area contributed by atoms with Gasteiger partial charge >= 0.3 is 0 Å². The van der Waals surface area contributed by atoms with Gasteiger partial charge in [-0.05, 0) is 49.4 Å². The number of alkyl halides is 2. The van der Waals surface area contributed by atoms with Crippen molar-refractivity contribution in [1.82, 2.24) is 15.0 Å². The average molecular weight is 480 g/mol. The Hall–Kier alpha value is -3.50. The van der Waals surface area contributed by atoms with Crippen LogP contribution in [0, 0.1) is 5.92 Å². The first-order valence-electron chi connectivity index (χ1n) is 11.5. The van der Waals surface area contributed by atoms with Gasteiger partial charge in [0.15, 0.2) is 5.58 Å². The van der Waals surface area contributed by atoms with Crippen molar-refractivity contribution in [2.45, 2.75) is 37.7 Å². The van der Waals surface area contributed by atoms with Gasteiger partial charge in [-0.1, -0.05) is 6.07 Å². The number of carbonyl (C=O) groups excluding carboxylic acids is 1. The van der Waals surface area contributed by atoms with Gasteiger partial charge in [0.05, 0.1) is 12.2 Å². The first-order chi connectivity index (χ1) is 16.9. The van der Waals surface area contributed by atoms with E-state index < -0.39 is 17.7 Å². The summed E-state index contributed by atoms with van der Waals surface area (Å²) < 4.78 is 38.7. The topological polar surface area (TPSA) is 110 Å². The summed E-state index contributed by atoms with van der Waals surface area (Å²) in [6.45, 7) is 0.820. The van der Waals surface area contributed by atoms with Crippen LogP contribution in [0.4, 0.5) is 14.6 Å². The third kappa shape index (κ3) is 4.02. The van der Waals surface area contributed by atoms with Crippen molar-refractivity contribution in [1.29, 1.82) is 0 Å². The monoisotopic (exact) mass is 480 g/mol. The molecular formula is C25H22F2N4O4. The number of amides is 1. The lowest BCUT2D eigenvalue weighted by Crippen LogP contribution is -2.35. The van der Waals surface area contributed by atoms with Crippen molar-refractivity contribution in [3.63, 3.8) is 0 Å². The first kappa shape index (κ1) is 22.0.